The molecule has 0 atom stereocenters. The van der Waals surface area contributed by atoms with E-state index in [1.165, 1.54) is 0 Å². The summed E-state index contributed by atoms with van der Waals surface area (Å²) in [6.07, 6.45) is 0. The van der Waals surface area contributed by atoms with Crippen LogP contribution in [0.25, 0.3) is 0 Å². The van der Waals surface area contributed by atoms with Crippen molar-refractivity contribution in [3.8, 4) is 0 Å². The van der Waals surface area contributed by atoms with Gasteiger partial charge in [0.25, 0.3) is 5.91 Å². The fourth-order valence-corrected chi connectivity index (χ4v) is 1.93. The maximum Gasteiger partial charge on any atom is 0.276 e. The fraction of sp³-hybridized carbons (Fsp3) is 0.286. The Morgan fingerprint density at radius 3 is 2.63 bits per heavy atom. The Balaban J connectivity index is 2.21. The smallest absolute Gasteiger partial charge is 0.276 e. The number of aromatic nitrogens is 2. The van der Waals surface area contributed by atoms with Gasteiger partial charge in [-0.2, -0.15) is 5.10 Å². The van der Waals surface area contributed by atoms with Crippen LogP contribution in [-0.2, 0) is 7.05 Å². The summed E-state index contributed by atoms with van der Waals surface area (Å²) in [5.74, 6) is 0.0706. The summed E-state index contributed by atoms with van der Waals surface area (Å²) in [6, 6.07) is 8.96. The molecule has 0 aliphatic carbocycles. The first-order valence-corrected chi connectivity index (χ1v) is 6.19. The van der Waals surface area contributed by atoms with Gasteiger partial charge in [0.1, 0.15) is 0 Å². The Morgan fingerprint density at radius 2 is 2.05 bits per heavy atom. The van der Waals surface area contributed by atoms with Gasteiger partial charge >= 0.3 is 0 Å². The van der Waals surface area contributed by atoms with Gasteiger partial charge in [0, 0.05) is 12.7 Å². The Labute approximate surface area is 112 Å². The molecule has 1 amide bonds. The highest BCUT2D eigenvalue weighted by molar-refractivity contribution is 6.04. The van der Waals surface area contributed by atoms with E-state index in [0.717, 1.165) is 5.69 Å². The quantitative estimate of drug-likeness (QED) is 0.830. The van der Waals surface area contributed by atoms with E-state index in [4.69, 9.17) is 5.73 Å². The molecule has 2 aromatic rings. The van der Waals surface area contributed by atoms with Crippen molar-refractivity contribution in [3.63, 3.8) is 0 Å². The molecule has 19 heavy (non-hydrogen) atoms. The monoisotopic (exact) mass is 258 g/mol. The summed E-state index contributed by atoms with van der Waals surface area (Å²) < 4.78 is 1.73. The minimum absolute atomic E-state index is 0.250. The molecule has 1 aromatic carbocycles. The number of hydrogen-bond donors (Lipinski definition) is 2. The van der Waals surface area contributed by atoms with E-state index >= 15 is 0 Å². The average molecular weight is 258 g/mol. The zero-order chi connectivity index (χ0) is 14.0. The zero-order valence-corrected chi connectivity index (χ0v) is 11.3. The lowest BCUT2D eigenvalue weighted by Crippen LogP contribution is -2.14. The molecule has 0 fully saturated rings. The van der Waals surface area contributed by atoms with Crippen LogP contribution in [0.4, 0.5) is 11.4 Å². The number of para-hydroxylation sites is 2. The van der Waals surface area contributed by atoms with Crippen molar-refractivity contribution in [2.45, 2.75) is 19.8 Å². The summed E-state index contributed by atoms with van der Waals surface area (Å²) in [5.41, 5.74) is 8.35. The van der Waals surface area contributed by atoms with Crippen LogP contribution in [0.1, 0.15) is 35.9 Å². The van der Waals surface area contributed by atoms with Crippen LogP contribution >= 0.6 is 0 Å². The number of nitrogens with two attached hydrogens (primary N) is 1. The molecule has 1 aromatic heterocycles. The molecular weight excluding hydrogens is 240 g/mol. The van der Waals surface area contributed by atoms with Gasteiger partial charge in [0.05, 0.1) is 11.4 Å². The molecule has 100 valence electrons. The van der Waals surface area contributed by atoms with Crippen LogP contribution in [0.3, 0.4) is 0 Å². The van der Waals surface area contributed by atoms with Crippen LogP contribution < -0.4 is 11.1 Å². The van der Waals surface area contributed by atoms with Crippen molar-refractivity contribution in [2.75, 3.05) is 11.1 Å². The van der Waals surface area contributed by atoms with Gasteiger partial charge in [-0.15, -0.1) is 0 Å². The van der Waals surface area contributed by atoms with Crippen molar-refractivity contribution in [3.05, 3.63) is 41.7 Å². The van der Waals surface area contributed by atoms with E-state index < -0.39 is 0 Å². The first-order chi connectivity index (χ1) is 8.99. The number of rotatable bonds is 3. The normalized spacial score (nSPS) is 10.7. The van der Waals surface area contributed by atoms with Gasteiger partial charge < -0.3 is 11.1 Å². The molecule has 0 bridgehead atoms. The molecule has 3 N–H and O–H groups in total. The van der Waals surface area contributed by atoms with E-state index in [-0.39, 0.29) is 5.91 Å². The van der Waals surface area contributed by atoms with Crippen molar-refractivity contribution in [1.82, 2.24) is 9.78 Å². The minimum Gasteiger partial charge on any atom is -0.397 e. The van der Waals surface area contributed by atoms with Gasteiger partial charge in [0.15, 0.2) is 5.69 Å². The summed E-state index contributed by atoms with van der Waals surface area (Å²) in [4.78, 5) is 12.1. The average Bonchev–Trinajstić information content (AvgIpc) is 2.74. The predicted octanol–water partition coefficient (Wildman–Crippen LogP) is 2.38. The summed E-state index contributed by atoms with van der Waals surface area (Å²) >= 11 is 0. The van der Waals surface area contributed by atoms with Crippen LogP contribution in [-0.4, -0.2) is 15.7 Å². The zero-order valence-electron chi connectivity index (χ0n) is 11.3. The molecule has 0 spiro atoms. The number of nitrogens with one attached hydrogen (secondary N) is 1. The molecule has 1 heterocycles. The maximum absolute atomic E-state index is 12.1. The third-order valence-corrected chi connectivity index (χ3v) is 2.95. The molecule has 0 aliphatic heterocycles. The largest absolute Gasteiger partial charge is 0.397 e. The minimum atomic E-state index is -0.250. The predicted molar refractivity (Wildman–Crippen MR) is 76.1 cm³/mol. The number of nitrogen functional groups attached to an aromatic ring is 1. The SMILES string of the molecule is CC(C)c1cc(C(=O)Nc2ccccc2N)nn1C. The molecule has 0 unspecified atom stereocenters. The molecule has 0 saturated carbocycles. The fourth-order valence-electron chi connectivity index (χ4n) is 1.93. The Kier molecular flexibility index (Phi) is 3.55. The van der Waals surface area contributed by atoms with E-state index in [1.54, 1.807) is 22.9 Å². The lowest BCUT2D eigenvalue weighted by atomic mass is 10.1. The van der Waals surface area contributed by atoms with E-state index in [9.17, 15) is 4.79 Å². The van der Waals surface area contributed by atoms with Crippen molar-refractivity contribution in [1.29, 1.82) is 0 Å². The number of benzene rings is 1. The van der Waals surface area contributed by atoms with Gasteiger partial charge in [0.2, 0.25) is 0 Å². The Morgan fingerprint density at radius 1 is 1.37 bits per heavy atom. The van der Waals surface area contributed by atoms with Crippen molar-refractivity contribution >= 4 is 17.3 Å². The highest BCUT2D eigenvalue weighted by Crippen LogP contribution is 2.19. The summed E-state index contributed by atoms with van der Waals surface area (Å²) in [6.45, 7) is 4.13. The van der Waals surface area contributed by atoms with Gasteiger partial charge in [-0.05, 0) is 24.1 Å². The Bertz CT molecular complexity index is 601. The molecule has 0 aliphatic rings. The highest BCUT2D eigenvalue weighted by atomic mass is 16.1. The van der Waals surface area contributed by atoms with Crippen LogP contribution in [0.5, 0.6) is 0 Å². The Hall–Kier alpha value is -2.30. The number of carbonyl (C=O) groups is 1. The number of hydrogen-bond acceptors (Lipinski definition) is 3. The molecule has 0 saturated heterocycles. The van der Waals surface area contributed by atoms with Crippen LogP contribution in [0.15, 0.2) is 30.3 Å². The third-order valence-electron chi connectivity index (χ3n) is 2.95. The number of nitrogens with zero attached hydrogens (tertiary/aromatic N) is 2. The standard InChI is InChI=1S/C14H18N4O/c1-9(2)13-8-12(17-18(13)3)14(19)16-11-7-5-4-6-10(11)15/h4-9H,15H2,1-3H3,(H,16,19). The second-order valence-corrected chi connectivity index (χ2v) is 4.77. The van der Waals surface area contributed by atoms with Crippen molar-refractivity contribution < 1.29 is 4.79 Å². The van der Waals surface area contributed by atoms with E-state index in [1.807, 2.05) is 19.2 Å². The molecular formula is C14H18N4O. The molecule has 5 nitrogen and oxygen atoms in total. The van der Waals surface area contributed by atoms with Gasteiger partial charge in [-0.1, -0.05) is 26.0 Å². The summed E-state index contributed by atoms with van der Waals surface area (Å²) in [5, 5.41) is 6.99. The second-order valence-electron chi connectivity index (χ2n) is 4.77. The first kappa shape index (κ1) is 13.1. The van der Waals surface area contributed by atoms with Crippen molar-refractivity contribution in [2.24, 2.45) is 7.05 Å². The highest BCUT2D eigenvalue weighted by Gasteiger charge is 2.15. The van der Waals surface area contributed by atoms with E-state index in [2.05, 4.69) is 24.3 Å². The van der Waals surface area contributed by atoms with Crippen LogP contribution in [0.2, 0.25) is 0 Å². The number of aryl methyl sites for hydroxylation is 1. The van der Waals surface area contributed by atoms with E-state index in [0.29, 0.717) is 23.0 Å². The molecule has 0 radical (unpaired) electrons. The van der Waals surface area contributed by atoms with Gasteiger partial charge in [-0.25, -0.2) is 0 Å². The number of anilines is 2. The lowest BCUT2D eigenvalue weighted by molar-refractivity contribution is 0.102. The van der Waals surface area contributed by atoms with Gasteiger partial charge in [-0.3, -0.25) is 9.48 Å². The summed E-state index contributed by atoms with van der Waals surface area (Å²) in [7, 11) is 1.84. The number of amides is 1. The number of carbonyl (C=O) groups excluding carboxylic acids is 1. The lowest BCUT2D eigenvalue weighted by Gasteiger charge is -2.05. The second kappa shape index (κ2) is 5.14. The molecule has 2 rings (SSSR count). The topological polar surface area (TPSA) is 72.9 Å². The molecule has 5 heteroatoms. The maximum atomic E-state index is 12.1. The van der Waals surface area contributed by atoms with Crippen LogP contribution in [0, 0.1) is 0 Å². The third kappa shape index (κ3) is 2.76. The first-order valence-electron chi connectivity index (χ1n) is 6.19.